The van der Waals surface area contributed by atoms with Gasteiger partial charge in [-0.05, 0) is 43.2 Å². The summed E-state index contributed by atoms with van der Waals surface area (Å²) in [7, 11) is 5.11. The van der Waals surface area contributed by atoms with E-state index in [4.69, 9.17) is 9.47 Å². The number of rotatable bonds is 7. The fourth-order valence-corrected chi connectivity index (χ4v) is 4.61. The van der Waals surface area contributed by atoms with Crippen LogP contribution in [0.5, 0.6) is 11.5 Å². The summed E-state index contributed by atoms with van der Waals surface area (Å²) in [5.41, 5.74) is 4.17. The molecule has 1 N–H and O–H groups in total. The molecule has 0 saturated heterocycles. The Bertz CT molecular complexity index is 1240. The number of carbonyl (C=O) groups is 1. The van der Waals surface area contributed by atoms with Crippen LogP contribution >= 0.6 is 11.3 Å². The van der Waals surface area contributed by atoms with Gasteiger partial charge in [-0.25, -0.2) is 0 Å². The number of carbonyl (C=O) groups excluding carboxylic acids is 1. The van der Waals surface area contributed by atoms with E-state index in [1.54, 1.807) is 14.2 Å². The molecule has 0 spiro atoms. The molecule has 31 heavy (non-hydrogen) atoms. The molecule has 4 rings (SSSR count). The second-order valence-electron chi connectivity index (χ2n) is 7.37. The maximum Gasteiger partial charge on any atom is 0.261 e. The lowest BCUT2D eigenvalue weighted by molar-refractivity contribution is 0.0958. The first-order valence-electron chi connectivity index (χ1n) is 10.0. The number of thiophene rings is 1. The fourth-order valence-electron chi connectivity index (χ4n) is 3.62. The summed E-state index contributed by atoms with van der Waals surface area (Å²) >= 11 is 1.45. The molecule has 7 heteroatoms. The van der Waals surface area contributed by atoms with Crippen molar-refractivity contribution in [3.8, 4) is 22.8 Å². The summed E-state index contributed by atoms with van der Waals surface area (Å²) in [6, 6.07) is 16.0. The first-order chi connectivity index (χ1) is 15.0. The van der Waals surface area contributed by atoms with Crippen LogP contribution in [0.3, 0.4) is 0 Å². The summed E-state index contributed by atoms with van der Waals surface area (Å²) in [6.07, 6.45) is 0.802. The van der Waals surface area contributed by atoms with Crippen molar-refractivity contribution in [1.82, 2.24) is 15.1 Å². The molecule has 4 aromatic rings. The molecule has 0 unspecified atom stereocenters. The predicted octanol–water partition coefficient (Wildman–Crippen LogP) is 4.60. The Hall–Kier alpha value is -3.32. The van der Waals surface area contributed by atoms with Gasteiger partial charge in [0.05, 0.1) is 19.1 Å². The van der Waals surface area contributed by atoms with Gasteiger partial charge < -0.3 is 14.8 Å². The normalized spacial score (nSPS) is 11.0. The van der Waals surface area contributed by atoms with E-state index in [1.807, 2.05) is 42.1 Å². The Morgan fingerprint density at radius 1 is 1.10 bits per heavy atom. The molecule has 0 aliphatic rings. The Morgan fingerprint density at radius 3 is 2.65 bits per heavy atom. The van der Waals surface area contributed by atoms with Gasteiger partial charge in [-0.1, -0.05) is 29.8 Å². The molecule has 0 aliphatic heterocycles. The van der Waals surface area contributed by atoms with Crippen molar-refractivity contribution in [3.63, 3.8) is 0 Å². The second-order valence-corrected chi connectivity index (χ2v) is 8.40. The SMILES string of the molecule is COc1ccc(-c2nn(C)c3sc(C(=O)NCCc4cccc(C)c4)cc23)cc1OC. The molecule has 0 aliphatic carbocycles. The number of nitrogens with zero attached hydrogens (tertiary/aromatic N) is 2. The van der Waals surface area contributed by atoms with E-state index in [0.29, 0.717) is 22.9 Å². The molecule has 2 aromatic carbocycles. The molecule has 0 radical (unpaired) electrons. The van der Waals surface area contributed by atoms with E-state index in [0.717, 1.165) is 27.9 Å². The van der Waals surface area contributed by atoms with Crippen molar-refractivity contribution in [2.75, 3.05) is 20.8 Å². The molecule has 0 bridgehead atoms. The average molecular weight is 436 g/mol. The van der Waals surface area contributed by atoms with Crippen LogP contribution < -0.4 is 14.8 Å². The zero-order chi connectivity index (χ0) is 22.0. The smallest absolute Gasteiger partial charge is 0.261 e. The number of hydrogen-bond acceptors (Lipinski definition) is 5. The maximum absolute atomic E-state index is 12.7. The monoisotopic (exact) mass is 435 g/mol. The second kappa shape index (κ2) is 8.81. The number of aryl methyl sites for hydroxylation is 2. The first-order valence-corrected chi connectivity index (χ1v) is 10.8. The number of benzene rings is 2. The molecule has 2 heterocycles. The zero-order valence-corrected chi connectivity index (χ0v) is 18.9. The number of amides is 1. The highest BCUT2D eigenvalue weighted by atomic mass is 32.1. The number of ether oxygens (including phenoxy) is 2. The summed E-state index contributed by atoms with van der Waals surface area (Å²) in [4.78, 5) is 14.4. The average Bonchev–Trinajstić information content (AvgIpc) is 3.34. The summed E-state index contributed by atoms with van der Waals surface area (Å²) in [6.45, 7) is 2.67. The minimum atomic E-state index is -0.0629. The Labute approximate surface area is 185 Å². The quantitative estimate of drug-likeness (QED) is 0.461. The number of methoxy groups -OCH3 is 2. The number of hydrogen-bond donors (Lipinski definition) is 1. The molecule has 160 valence electrons. The van der Waals surface area contributed by atoms with Crippen LogP contribution in [0.15, 0.2) is 48.5 Å². The van der Waals surface area contributed by atoms with E-state index in [-0.39, 0.29) is 5.91 Å². The van der Waals surface area contributed by atoms with E-state index in [2.05, 4.69) is 35.5 Å². The van der Waals surface area contributed by atoms with Crippen LogP contribution in [0.2, 0.25) is 0 Å². The van der Waals surface area contributed by atoms with E-state index >= 15 is 0 Å². The summed E-state index contributed by atoms with van der Waals surface area (Å²) in [5, 5.41) is 8.64. The van der Waals surface area contributed by atoms with Crippen molar-refractivity contribution in [2.24, 2.45) is 7.05 Å². The zero-order valence-electron chi connectivity index (χ0n) is 18.1. The third-order valence-corrected chi connectivity index (χ3v) is 6.37. The topological polar surface area (TPSA) is 65.4 Å². The summed E-state index contributed by atoms with van der Waals surface area (Å²) in [5.74, 6) is 1.24. The van der Waals surface area contributed by atoms with Crippen LogP contribution in [0.4, 0.5) is 0 Å². The Balaban J connectivity index is 1.55. The lowest BCUT2D eigenvalue weighted by atomic mass is 10.1. The van der Waals surface area contributed by atoms with Crippen molar-refractivity contribution in [2.45, 2.75) is 13.3 Å². The van der Waals surface area contributed by atoms with Gasteiger partial charge in [0.2, 0.25) is 0 Å². The van der Waals surface area contributed by atoms with Gasteiger partial charge in [0.15, 0.2) is 11.5 Å². The fraction of sp³-hybridized carbons (Fsp3) is 0.250. The van der Waals surface area contributed by atoms with Crippen molar-refractivity contribution in [1.29, 1.82) is 0 Å². The van der Waals surface area contributed by atoms with Crippen LogP contribution in [0.25, 0.3) is 21.5 Å². The molecular formula is C24H25N3O3S. The predicted molar refractivity (Wildman–Crippen MR) is 124 cm³/mol. The van der Waals surface area contributed by atoms with Gasteiger partial charge in [-0.2, -0.15) is 5.10 Å². The lowest BCUT2D eigenvalue weighted by Crippen LogP contribution is -2.24. The highest BCUT2D eigenvalue weighted by Crippen LogP contribution is 2.37. The molecule has 0 saturated carbocycles. The summed E-state index contributed by atoms with van der Waals surface area (Å²) < 4.78 is 12.6. The first kappa shape index (κ1) is 20.9. The number of nitrogens with one attached hydrogen (secondary N) is 1. The van der Waals surface area contributed by atoms with E-state index in [1.165, 1.54) is 22.5 Å². The number of fused-ring (bicyclic) bond motifs is 1. The number of aromatic nitrogens is 2. The Morgan fingerprint density at radius 2 is 1.90 bits per heavy atom. The molecular weight excluding hydrogens is 410 g/mol. The van der Waals surface area contributed by atoms with Gasteiger partial charge in [-0.15, -0.1) is 11.3 Å². The standard InChI is InChI=1S/C24H25N3O3S/c1-15-6-5-7-16(12-15)10-11-25-23(28)21-14-18-22(26-27(2)24(18)31-21)17-8-9-19(29-3)20(13-17)30-4/h5-9,12-14H,10-11H2,1-4H3,(H,25,28). The third-order valence-electron chi connectivity index (χ3n) is 5.17. The van der Waals surface area contributed by atoms with Gasteiger partial charge >= 0.3 is 0 Å². The van der Waals surface area contributed by atoms with Crippen molar-refractivity contribution >= 4 is 27.5 Å². The van der Waals surface area contributed by atoms with E-state index in [9.17, 15) is 4.79 Å². The molecule has 0 atom stereocenters. The minimum Gasteiger partial charge on any atom is -0.493 e. The van der Waals surface area contributed by atoms with Crippen molar-refractivity contribution < 1.29 is 14.3 Å². The van der Waals surface area contributed by atoms with Crippen LogP contribution in [0, 0.1) is 6.92 Å². The van der Waals surface area contributed by atoms with Gasteiger partial charge in [0.1, 0.15) is 10.5 Å². The van der Waals surface area contributed by atoms with Gasteiger partial charge in [0, 0.05) is 24.5 Å². The van der Waals surface area contributed by atoms with Crippen molar-refractivity contribution in [3.05, 3.63) is 64.5 Å². The highest BCUT2D eigenvalue weighted by Gasteiger charge is 2.19. The largest absolute Gasteiger partial charge is 0.493 e. The van der Waals surface area contributed by atoms with Crippen LogP contribution in [-0.4, -0.2) is 36.5 Å². The molecule has 2 aromatic heterocycles. The maximum atomic E-state index is 12.7. The molecule has 0 fully saturated rings. The highest BCUT2D eigenvalue weighted by molar-refractivity contribution is 7.20. The Kier molecular flexibility index (Phi) is 5.95. The molecule has 6 nitrogen and oxygen atoms in total. The van der Waals surface area contributed by atoms with Crippen LogP contribution in [-0.2, 0) is 13.5 Å². The van der Waals surface area contributed by atoms with E-state index < -0.39 is 0 Å². The lowest BCUT2D eigenvalue weighted by Gasteiger charge is -2.08. The minimum absolute atomic E-state index is 0.0629. The van der Waals surface area contributed by atoms with Gasteiger partial charge in [0.25, 0.3) is 5.91 Å². The molecule has 1 amide bonds. The third kappa shape index (κ3) is 4.27. The van der Waals surface area contributed by atoms with Crippen LogP contribution in [0.1, 0.15) is 20.8 Å². The van der Waals surface area contributed by atoms with Gasteiger partial charge in [-0.3, -0.25) is 9.48 Å².